The lowest BCUT2D eigenvalue weighted by molar-refractivity contribution is 0.488. The number of benzene rings is 2. The molecule has 6 nitrogen and oxygen atoms in total. The second kappa shape index (κ2) is 9.31. The fraction of sp³-hybridized carbons (Fsp3) is 0.250. The van der Waals surface area contributed by atoms with E-state index >= 15 is 0 Å². The Bertz CT molecular complexity index is 1080. The molecule has 0 saturated heterocycles. The predicted octanol–water partition coefficient (Wildman–Crippen LogP) is 4.49. The Morgan fingerprint density at radius 1 is 1.13 bits per heavy atom. The normalized spacial score (nSPS) is 12.8. The van der Waals surface area contributed by atoms with Crippen molar-refractivity contribution in [2.75, 3.05) is 6.54 Å². The van der Waals surface area contributed by atoms with Crippen molar-refractivity contribution in [1.29, 1.82) is 0 Å². The van der Waals surface area contributed by atoms with Gasteiger partial charge in [-0.3, -0.25) is 0 Å². The first-order valence-corrected chi connectivity index (χ1v) is 10.3. The molecule has 0 amide bonds. The highest BCUT2D eigenvalue weighted by Gasteiger charge is 2.13. The molecule has 0 bridgehead atoms. The molecular formula is C24H27N5O. The van der Waals surface area contributed by atoms with Crippen molar-refractivity contribution in [2.45, 2.75) is 33.0 Å². The first-order valence-electron chi connectivity index (χ1n) is 10.3. The quantitative estimate of drug-likeness (QED) is 0.354. The van der Waals surface area contributed by atoms with Gasteiger partial charge in [0.2, 0.25) is 0 Å². The Morgan fingerprint density at radius 2 is 1.93 bits per heavy atom. The number of furan rings is 1. The molecule has 4 rings (SSSR count). The van der Waals surface area contributed by atoms with Gasteiger partial charge in [0, 0.05) is 30.9 Å². The number of aromatic nitrogens is 2. The van der Waals surface area contributed by atoms with Gasteiger partial charge in [-0.05, 0) is 31.5 Å². The van der Waals surface area contributed by atoms with Crippen LogP contribution in [0.15, 0.2) is 82.5 Å². The lowest BCUT2D eigenvalue weighted by Crippen LogP contribution is -2.38. The maximum Gasteiger partial charge on any atom is 0.192 e. The zero-order valence-electron chi connectivity index (χ0n) is 17.4. The number of fused-ring (bicyclic) bond motifs is 1. The van der Waals surface area contributed by atoms with E-state index in [0.29, 0.717) is 6.54 Å². The molecule has 0 fully saturated rings. The number of nitrogens with one attached hydrogen (secondary N) is 2. The number of hydrogen-bond acceptors (Lipinski definition) is 3. The molecular weight excluding hydrogens is 374 g/mol. The first kappa shape index (κ1) is 19.8. The second-order valence-corrected chi connectivity index (χ2v) is 7.20. The molecule has 30 heavy (non-hydrogen) atoms. The highest BCUT2D eigenvalue weighted by Crippen LogP contribution is 2.23. The molecule has 6 heteroatoms. The maximum absolute atomic E-state index is 5.98. The van der Waals surface area contributed by atoms with E-state index in [1.54, 1.807) is 0 Å². The number of aliphatic imine (C=N–C) groups is 1. The van der Waals surface area contributed by atoms with Crippen LogP contribution in [0.1, 0.15) is 37.0 Å². The molecule has 154 valence electrons. The van der Waals surface area contributed by atoms with E-state index in [9.17, 15) is 0 Å². The number of nitrogens with zero attached hydrogens (tertiary/aromatic N) is 3. The molecule has 2 heterocycles. The molecule has 0 aliphatic heterocycles. The average Bonchev–Trinajstić information content (AvgIpc) is 3.39. The van der Waals surface area contributed by atoms with E-state index < -0.39 is 0 Å². The fourth-order valence-electron chi connectivity index (χ4n) is 3.38. The Hall–Kier alpha value is -3.54. The minimum atomic E-state index is -0.0146. The third-order valence-electron chi connectivity index (χ3n) is 4.94. The maximum atomic E-state index is 5.98. The second-order valence-electron chi connectivity index (χ2n) is 7.20. The van der Waals surface area contributed by atoms with Crippen LogP contribution in [-0.2, 0) is 13.1 Å². The summed E-state index contributed by atoms with van der Waals surface area (Å²) in [4.78, 5) is 9.24. The number of hydrogen-bond donors (Lipinski definition) is 2. The molecule has 0 radical (unpaired) electrons. The van der Waals surface area contributed by atoms with Crippen LogP contribution in [-0.4, -0.2) is 22.1 Å². The Kier molecular flexibility index (Phi) is 6.13. The van der Waals surface area contributed by atoms with Crippen LogP contribution in [0.2, 0.25) is 0 Å². The minimum Gasteiger partial charge on any atom is -0.459 e. The van der Waals surface area contributed by atoms with Crippen molar-refractivity contribution in [1.82, 2.24) is 20.2 Å². The van der Waals surface area contributed by atoms with Crippen molar-refractivity contribution < 1.29 is 4.42 Å². The highest BCUT2D eigenvalue weighted by molar-refractivity contribution is 5.81. The van der Waals surface area contributed by atoms with Gasteiger partial charge in [0.05, 0.1) is 6.04 Å². The van der Waals surface area contributed by atoms with E-state index in [-0.39, 0.29) is 6.04 Å². The van der Waals surface area contributed by atoms with Gasteiger partial charge >= 0.3 is 0 Å². The van der Waals surface area contributed by atoms with Gasteiger partial charge in [0.15, 0.2) is 5.96 Å². The van der Waals surface area contributed by atoms with Crippen molar-refractivity contribution in [3.05, 3.63) is 90.2 Å². The lowest BCUT2D eigenvalue weighted by Gasteiger charge is -2.16. The number of guanidine groups is 1. The Balaban J connectivity index is 1.46. The zero-order chi connectivity index (χ0) is 20.8. The summed E-state index contributed by atoms with van der Waals surface area (Å²) in [5, 5.41) is 7.85. The summed E-state index contributed by atoms with van der Waals surface area (Å²) in [7, 11) is 0. The largest absolute Gasteiger partial charge is 0.459 e. The zero-order valence-corrected chi connectivity index (χ0v) is 17.4. The lowest BCUT2D eigenvalue weighted by atomic mass is 10.2. The summed E-state index contributed by atoms with van der Waals surface area (Å²) in [5.74, 6) is 2.54. The van der Waals surface area contributed by atoms with Gasteiger partial charge in [-0.2, -0.15) is 0 Å². The number of rotatable bonds is 7. The van der Waals surface area contributed by atoms with Crippen LogP contribution in [0.25, 0.3) is 11.0 Å². The van der Waals surface area contributed by atoms with E-state index in [2.05, 4.69) is 70.4 Å². The fourth-order valence-corrected chi connectivity index (χ4v) is 3.38. The molecule has 1 unspecified atom stereocenters. The van der Waals surface area contributed by atoms with Crippen LogP contribution < -0.4 is 10.6 Å². The smallest absolute Gasteiger partial charge is 0.192 e. The van der Waals surface area contributed by atoms with Gasteiger partial charge in [-0.15, -0.1) is 0 Å². The molecule has 0 spiro atoms. The van der Waals surface area contributed by atoms with Crippen LogP contribution in [0.5, 0.6) is 0 Å². The van der Waals surface area contributed by atoms with E-state index in [0.717, 1.165) is 41.6 Å². The predicted molar refractivity (Wildman–Crippen MR) is 120 cm³/mol. The Labute approximate surface area is 176 Å². The molecule has 4 aromatic rings. The monoisotopic (exact) mass is 401 g/mol. The average molecular weight is 402 g/mol. The molecule has 0 aliphatic carbocycles. The van der Waals surface area contributed by atoms with Crippen LogP contribution in [0.4, 0.5) is 0 Å². The first-order chi connectivity index (χ1) is 14.7. The van der Waals surface area contributed by atoms with Gasteiger partial charge in [0.1, 0.15) is 23.7 Å². The number of imidazole rings is 1. The van der Waals surface area contributed by atoms with Crippen LogP contribution >= 0.6 is 0 Å². The van der Waals surface area contributed by atoms with E-state index in [1.165, 1.54) is 5.56 Å². The topological polar surface area (TPSA) is 67.4 Å². The summed E-state index contributed by atoms with van der Waals surface area (Å²) < 4.78 is 8.11. The number of para-hydroxylation sites is 1. The van der Waals surface area contributed by atoms with Gasteiger partial charge in [0.25, 0.3) is 0 Å². The van der Waals surface area contributed by atoms with Crippen LogP contribution in [0, 0.1) is 0 Å². The van der Waals surface area contributed by atoms with Gasteiger partial charge < -0.3 is 19.6 Å². The minimum absolute atomic E-state index is 0.0146. The SMILES string of the molecule is CCNC(=NCc1nccn1Cc1ccccc1)NC(C)c1cc2ccccc2o1. The third-order valence-corrected chi connectivity index (χ3v) is 4.94. The van der Waals surface area contributed by atoms with Crippen molar-refractivity contribution in [3.8, 4) is 0 Å². The third kappa shape index (κ3) is 4.71. The molecule has 1 atom stereocenters. The van der Waals surface area contributed by atoms with Gasteiger partial charge in [-0.25, -0.2) is 9.98 Å². The van der Waals surface area contributed by atoms with E-state index in [1.807, 2.05) is 36.7 Å². The highest BCUT2D eigenvalue weighted by atomic mass is 16.3. The van der Waals surface area contributed by atoms with Crippen molar-refractivity contribution in [3.63, 3.8) is 0 Å². The van der Waals surface area contributed by atoms with Crippen molar-refractivity contribution in [2.24, 2.45) is 4.99 Å². The summed E-state index contributed by atoms with van der Waals surface area (Å²) in [5.41, 5.74) is 2.13. The molecule has 2 aromatic heterocycles. The molecule has 0 saturated carbocycles. The Morgan fingerprint density at radius 3 is 2.73 bits per heavy atom. The standard InChI is InChI=1S/C24H27N5O/c1-3-25-24(28-18(2)22-15-20-11-7-8-12-21(20)30-22)27-16-23-26-13-14-29(23)17-19-9-5-4-6-10-19/h4-15,18H,3,16-17H2,1-2H3,(H2,25,27,28). The summed E-state index contributed by atoms with van der Waals surface area (Å²) >= 11 is 0. The summed E-state index contributed by atoms with van der Waals surface area (Å²) in [6.07, 6.45) is 3.82. The van der Waals surface area contributed by atoms with Crippen LogP contribution in [0.3, 0.4) is 0 Å². The van der Waals surface area contributed by atoms with Crippen molar-refractivity contribution >= 4 is 16.9 Å². The van der Waals surface area contributed by atoms with Gasteiger partial charge in [-0.1, -0.05) is 48.5 Å². The van der Waals surface area contributed by atoms with E-state index in [4.69, 9.17) is 9.41 Å². The summed E-state index contributed by atoms with van der Waals surface area (Å²) in [6.45, 7) is 6.17. The summed E-state index contributed by atoms with van der Waals surface area (Å²) in [6, 6.07) is 20.5. The molecule has 2 aromatic carbocycles. The molecule has 2 N–H and O–H groups in total. The molecule has 0 aliphatic rings.